The van der Waals surface area contributed by atoms with Crippen molar-refractivity contribution in [1.82, 2.24) is 10.6 Å². The molecule has 0 bridgehead atoms. The third-order valence-corrected chi connectivity index (χ3v) is 3.39. The van der Waals surface area contributed by atoms with Crippen LogP contribution in [0.3, 0.4) is 0 Å². The summed E-state index contributed by atoms with van der Waals surface area (Å²) in [7, 11) is 1.27. The third kappa shape index (κ3) is 9.85. The van der Waals surface area contributed by atoms with Gasteiger partial charge in [-0.3, -0.25) is 9.59 Å². The van der Waals surface area contributed by atoms with E-state index in [1.165, 1.54) is 14.0 Å². The van der Waals surface area contributed by atoms with Gasteiger partial charge in [0, 0.05) is 6.92 Å². The number of ether oxygens (including phenoxy) is 1. The number of nitrogens with two attached hydrogens (primary N) is 2. The molecule has 8 heteroatoms. The number of carbonyl (C=O) groups is 3. The zero-order valence-corrected chi connectivity index (χ0v) is 14.1. The molecule has 0 spiro atoms. The summed E-state index contributed by atoms with van der Waals surface area (Å²) >= 11 is 0. The van der Waals surface area contributed by atoms with Crippen LogP contribution in [0, 0.1) is 0 Å². The Labute approximate surface area is 137 Å². The molecule has 0 aliphatic rings. The second kappa shape index (κ2) is 12.8. The molecular formula is C15H30N4O4. The highest BCUT2D eigenvalue weighted by Gasteiger charge is 2.26. The van der Waals surface area contributed by atoms with Crippen LogP contribution in [0.1, 0.15) is 45.4 Å². The number of amides is 2. The number of hydrogen-bond acceptors (Lipinski definition) is 6. The predicted octanol–water partition coefficient (Wildman–Crippen LogP) is -0.593. The first kappa shape index (κ1) is 21.3. The topological polar surface area (TPSA) is 137 Å². The lowest BCUT2D eigenvalue weighted by atomic mass is 10.1. The van der Waals surface area contributed by atoms with Crippen LogP contribution in [0.2, 0.25) is 0 Å². The smallest absolute Gasteiger partial charge is 0.328 e. The van der Waals surface area contributed by atoms with Crippen molar-refractivity contribution in [3.8, 4) is 0 Å². The van der Waals surface area contributed by atoms with Gasteiger partial charge in [0.1, 0.15) is 12.1 Å². The van der Waals surface area contributed by atoms with Crippen molar-refractivity contribution >= 4 is 17.8 Å². The highest BCUT2D eigenvalue weighted by atomic mass is 16.5. The van der Waals surface area contributed by atoms with E-state index in [1.807, 2.05) is 0 Å². The molecule has 0 radical (unpaired) electrons. The molecule has 0 aromatic rings. The minimum absolute atomic E-state index is 0.296. The molecule has 0 saturated carbocycles. The van der Waals surface area contributed by atoms with Crippen LogP contribution >= 0.6 is 0 Å². The van der Waals surface area contributed by atoms with E-state index in [4.69, 9.17) is 16.2 Å². The van der Waals surface area contributed by atoms with Crippen LogP contribution in [0.15, 0.2) is 0 Å². The van der Waals surface area contributed by atoms with Crippen molar-refractivity contribution in [1.29, 1.82) is 0 Å². The Morgan fingerprint density at radius 2 is 1.43 bits per heavy atom. The normalized spacial score (nSPS) is 13.0. The summed E-state index contributed by atoms with van der Waals surface area (Å²) in [6.45, 7) is 2.40. The lowest BCUT2D eigenvalue weighted by Gasteiger charge is -2.22. The monoisotopic (exact) mass is 330 g/mol. The second-order valence-corrected chi connectivity index (χ2v) is 5.41. The zero-order chi connectivity index (χ0) is 17.7. The lowest BCUT2D eigenvalue weighted by Crippen LogP contribution is -2.51. The molecule has 2 amide bonds. The van der Waals surface area contributed by atoms with E-state index in [1.54, 1.807) is 0 Å². The van der Waals surface area contributed by atoms with Crippen LogP contribution in [-0.4, -0.2) is 50.1 Å². The van der Waals surface area contributed by atoms with Crippen LogP contribution in [0.25, 0.3) is 0 Å². The number of hydrogen-bond donors (Lipinski definition) is 4. The second-order valence-electron chi connectivity index (χ2n) is 5.41. The Morgan fingerprint density at radius 3 is 1.87 bits per heavy atom. The first-order valence-electron chi connectivity index (χ1n) is 8.01. The number of nitrogens with one attached hydrogen (secondary N) is 2. The van der Waals surface area contributed by atoms with Gasteiger partial charge in [-0.25, -0.2) is 4.79 Å². The van der Waals surface area contributed by atoms with Gasteiger partial charge in [0.2, 0.25) is 11.8 Å². The van der Waals surface area contributed by atoms with E-state index in [0.717, 1.165) is 12.8 Å². The van der Waals surface area contributed by atoms with Crippen LogP contribution in [0.5, 0.6) is 0 Å². The Bertz CT molecular complexity index is 376. The molecule has 0 heterocycles. The highest BCUT2D eigenvalue weighted by molar-refractivity contribution is 5.90. The third-order valence-electron chi connectivity index (χ3n) is 3.39. The van der Waals surface area contributed by atoms with E-state index >= 15 is 0 Å². The van der Waals surface area contributed by atoms with E-state index in [2.05, 4.69) is 10.6 Å². The number of carbonyl (C=O) groups excluding carboxylic acids is 3. The van der Waals surface area contributed by atoms with Crippen molar-refractivity contribution in [3.63, 3.8) is 0 Å². The summed E-state index contributed by atoms with van der Waals surface area (Å²) in [5, 5.41) is 5.26. The van der Waals surface area contributed by atoms with Gasteiger partial charge >= 0.3 is 5.97 Å². The van der Waals surface area contributed by atoms with Gasteiger partial charge in [0.15, 0.2) is 0 Å². The Hall–Kier alpha value is -1.67. The van der Waals surface area contributed by atoms with E-state index in [9.17, 15) is 14.4 Å². The van der Waals surface area contributed by atoms with Crippen LogP contribution < -0.4 is 22.1 Å². The van der Waals surface area contributed by atoms with E-state index in [-0.39, 0.29) is 11.8 Å². The first-order valence-corrected chi connectivity index (χ1v) is 8.01. The average molecular weight is 330 g/mol. The molecule has 0 aliphatic carbocycles. The fraction of sp³-hybridized carbons (Fsp3) is 0.800. The molecule has 0 saturated heterocycles. The number of methoxy groups -OCH3 is 1. The summed E-state index contributed by atoms with van der Waals surface area (Å²) in [5.74, 6) is -1.19. The van der Waals surface area contributed by atoms with Crippen molar-refractivity contribution < 1.29 is 19.1 Å². The SMILES string of the molecule is COC(=O)C(CCCCN)NC(=O)C(CCCCN)NC(C)=O. The summed E-state index contributed by atoms with van der Waals surface area (Å²) in [6, 6.07) is -1.41. The van der Waals surface area contributed by atoms with Crippen molar-refractivity contribution in [3.05, 3.63) is 0 Å². The van der Waals surface area contributed by atoms with Gasteiger partial charge in [-0.15, -0.1) is 0 Å². The highest BCUT2D eigenvalue weighted by Crippen LogP contribution is 2.06. The zero-order valence-electron chi connectivity index (χ0n) is 14.1. The van der Waals surface area contributed by atoms with Crippen molar-refractivity contribution in [2.24, 2.45) is 11.5 Å². The predicted molar refractivity (Wildman–Crippen MR) is 87.4 cm³/mol. The molecule has 2 atom stereocenters. The fourth-order valence-corrected chi connectivity index (χ4v) is 2.16. The minimum Gasteiger partial charge on any atom is -0.467 e. The van der Waals surface area contributed by atoms with Gasteiger partial charge in [-0.2, -0.15) is 0 Å². The molecule has 134 valence electrons. The van der Waals surface area contributed by atoms with Gasteiger partial charge < -0.3 is 26.8 Å². The summed E-state index contributed by atoms with van der Waals surface area (Å²) in [5.41, 5.74) is 10.9. The van der Waals surface area contributed by atoms with Gasteiger partial charge in [0.25, 0.3) is 0 Å². The molecule has 23 heavy (non-hydrogen) atoms. The standard InChI is InChI=1S/C15H30N4O4/c1-11(20)18-12(7-3-5-9-16)14(21)19-13(15(22)23-2)8-4-6-10-17/h12-13H,3-10,16-17H2,1-2H3,(H,18,20)(H,19,21). The summed E-state index contributed by atoms with van der Waals surface area (Å²) in [6.07, 6.45) is 3.86. The largest absolute Gasteiger partial charge is 0.467 e. The maximum absolute atomic E-state index is 12.3. The van der Waals surface area contributed by atoms with Crippen LogP contribution in [0.4, 0.5) is 0 Å². The Balaban J connectivity index is 4.70. The summed E-state index contributed by atoms with van der Waals surface area (Å²) < 4.78 is 4.71. The van der Waals surface area contributed by atoms with Gasteiger partial charge in [-0.1, -0.05) is 0 Å². The quantitative estimate of drug-likeness (QED) is 0.279. The molecule has 0 rings (SSSR count). The molecular weight excluding hydrogens is 300 g/mol. The van der Waals surface area contributed by atoms with Gasteiger partial charge in [-0.05, 0) is 51.6 Å². The van der Waals surface area contributed by atoms with Gasteiger partial charge in [0.05, 0.1) is 7.11 Å². The molecule has 0 aliphatic heterocycles. The maximum atomic E-state index is 12.3. The van der Waals surface area contributed by atoms with E-state index < -0.39 is 18.1 Å². The number of esters is 1. The molecule has 8 nitrogen and oxygen atoms in total. The summed E-state index contributed by atoms with van der Waals surface area (Å²) in [4.78, 5) is 35.4. The average Bonchev–Trinajstić information content (AvgIpc) is 2.52. The lowest BCUT2D eigenvalue weighted by molar-refractivity contribution is -0.145. The molecule has 0 fully saturated rings. The minimum atomic E-state index is -0.732. The maximum Gasteiger partial charge on any atom is 0.328 e. The number of rotatable bonds is 12. The first-order chi connectivity index (χ1) is 11.0. The molecule has 2 unspecified atom stereocenters. The van der Waals surface area contributed by atoms with E-state index in [0.29, 0.717) is 38.8 Å². The van der Waals surface area contributed by atoms with Crippen molar-refractivity contribution in [2.45, 2.75) is 57.5 Å². The Morgan fingerprint density at radius 1 is 0.913 bits per heavy atom. The van der Waals surface area contributed by atoms with Crippen LogP contribution in [-0.2, 0) is 19.1 Å². The Kier molecular flexibility index (Phi) is 11.9. The molecule has 0 aromatic carbocycles. The van der Waals surface area contributed by atoms with Crippen molar-refractivity contribution in [2.75, 3.05) is 20.2 Å². The molecule has 0 aromatic heterocycles. The fourth-order valence-electron chi connectivity index (χ4n) is 2.16. The molecule has 6 N–H and O–H groups in total. The number of unbranched alkanes of at least 4 members (excludes halogenated alkanes) is 2.